The summed E-state index contributed by atoms with van der Waals surface area (Å²) in [5.41, 5.74) is 1.21. The maximum Gasteiger partial charge on any atom is 0.306 e. The molecule has 0 saturated heterocycles. The van der Waals surface area contributed by atoms with Crippen molar-refractivity contribution in [2.75, 3.05) is 0 Å². The van der Waals surface area contributed by atoms with E-state index in [1.807, 2.05) is 18.2 Å². The van der Waals surface area contributed by atoms with E-state index < -0.39 is 0 Å². The van der Waals surface area contributed by atoms with Crippen LogP contribution in [0, 0.1) is 11.8 Å². The lowest BCUT2D eigenvalue weighted by Crippen LogP contribution is -2.24. The zero-order chi connectivity index (χ0) is 12.4. The first-order valence-electron chi connectivity index (χ1n) is 7.04. The lowest BCUT2D eigenvalue weighted by Gasteiger charge is -2.21. The minimum Gasteiger partial charge on any atom is -0.462 e. The van der Waals surface area contributed by atoms with Crippen LogP contribution in [0.3, 0.4) is 0 Å². The van der Waals surface area contributed by atoms with Gasteiger partial charge in [-0.1, -0.05) is 30.3 Å². The first-order valence-corrected chi connectivity index (χ1v) is 7.04. The molecule has 2 fully saturated rings. The predicted molar refractivity (Wildman–Crippen MR) is 70.1 cm³/mol. The van der Waals surface area contributed by atoms with Gasteiger partial charge in [-0.2, -0.15) is 0 Å². The molecule has 0 N–H and O–H groups in total. The Bertz CT molecular complexity index is 412. The molecule has 2 aliphatic rings. The van der Waals surface area contributed by atoms with Crippen molar-refractivity contribution in [1.82, 2.24) is 0 Å². The van der Waals surface area contributed by atoms with Crippen molar-refractivity contribution in [3.8, 4) is 0 Å². The van der Waals surface area contributed by atoms with Crippen LogP contribution in [0.2, 0.25) is 0 Å². The van der Waals surface area contributed by atoms with Gasteiger partial charge in [0.25, 0.3) is 0 Å². The molecular weight excluding hydrogens is 224 g/mol. The number of esters is 1. The van der Waals surface area contributed by atoms with Gasteiger partial charge in [0.2, 0.25) is 0 Å². The van der Waals surface area contributed by atoms with Gasteiger partial charge in [-0.15, -0.1) is 0 Å². The van der Waals surface area contributed by atoms with E-state index in [1.165, 1.54) is 24.8 Å². The van der Waals surface area contributed by atoms with Gasteiger partial charge in [-0.3, -0.25) is 4.79 Å². The van der Waals surface area contributed by atoms with E-state index in [-0.39, 0.29) is 12.1 Å². The molecule has 3 unspecified atom stereocenters. The molecule has 1 aromatic rings. The normalized spacial score (nSPS) is 29.4. The smallest absolute Gasteiger partial charge is 0.306 e. The van der Waals surface area contributed by atoms with E-state index in [4.69, 9.17) is 4.74 Å². The molecule has 96 valence electrons. The molecule has 2 aliphatic carbocycles. The van der Waals surface area contributed by atoms with E-state index >= 15 is 0 Å². The Labute approximate surface area is 108 Å². The third kappa shape index (κ3) is 2.58. The average molecular weight is 244 g/mol. The fourth-order valence-electron chi connectivity index (χ4n) is 3.45. The molecule has 2 nitrogen and oxygen atoms in total. The van der Waals surface area contributed by atoms with Crippen LogP contribution in [0.15, 0.2) is 30.3 Å². The van der Waals surface area contributed by atoms with Crippen LogP contribution in [0.25, 0.3) is 0 Å². The maximum absolute atomic E-state index is 11.8. The van der Waals surface area contributed by atoms with Gasteiger partial charge >= 0.3 is 5.97 Å². The molecular formula is C16H20O2. The lowest BCUT2D eigenvalue weighted by molar-refractivity contribution is -0.151. The Morgan fingerprint density at radius 1 is 1.17 bits per heavy atom. The van der Waals surface area contributed by atoms with Crippen molar-refractivity contribution in [1.29, 1.82) is 0 Å². The monoisotopic (exact) mass is 244 g/mol. The molecule has 3 atom stereocenters. The van der Waals surface area contributed by atoms with E-state index in [0.29, 0.717) is 12.3 Å². The summed E-state index contributed by atoms with van der Waals surface area (Å²) in [4.78, 5) is 11.8. The van der Waals surface area contributed by atoms with Crippen LogP contribution >= 0.6 is 0 Å². The standard InChI is InChI=1S/C16H20O2/c17-16(9-7-12-4-2-1-3-5-12)18-15-11-13-6-8-14(15)10-13/h1-5,13-15H,6-11H2. The lowest BCUT2D eigenvalue weighted by atomic mass is 9.98. The summed E-state index contributed by atoms with van der Waals surface area (Å²) < 4.78 is 5.63. The summed E-state index contributed by atoms with van der Waals surface area (Å²) >= 11 is 0. The molecule has 0 radical (unpaired) electrons. The van der Waals surface area contributed by atoms with Gasteiger partial charge in [0.15, 0.2) is 0 Å². The van der Waals surface area contributed by atoms with Crippen molar-refractivity contribution in [2.45, 2.75) is 44.6 Å². The molecule has 0 aliphatic heterocycles. The first-order chi connectivity index (χ1) is 8.81. The number of rotatable bonds is 4. The van der Waals surface area contributed by atoms with E-state index in [2.05, 4.69) is 12.1 Å². The molecule has 2 heteroatoms. The first kappa shape index (κ1) is 11.8. The number of fused-ring (bicyclic) bond motifs is 2. The molecule has 0 spiro atoms. The summed E-state index contributed by atoms with van der Waals surface area (Å²) in [6, 6.07) is 10.1. The summed E-state index contributed by atoms with van der Waals surface area (Å²) in [6.45, 7) is 0. The zero-order valence-electron chi connectivity index (χ0n) is 10.7. The molecule has 2 bridgehead atoms. The number of benzene rings is 1. The molecule has 0 heterocycles. The molecule has 0 amide bonds. The number of carbonyl (C=O) groups is 1. The second-order valence-electron chi connectivity index (χ2n) is 5.69. The second-order valence-corrected chi connectivity index (χ2v) is 5.69. The fraction of sp³-hybridized carbons (Fsp3) is 0.562. The van der Waals surface area contributed by atoms with Gasteiger partial charge in [-0.05, 0) is 49.5 Å². The van der Waals surface area contributed by atoms with Crippen molar-refractivity contribution in [2.24, 2.45) is 11.8 Å². The number of aryl methyl sites for hydroxylation is 1. The highest BCUT2D eigenvalue weighted by Crippen LogP contribution is 2.45. The Balaban J connectivity index is 1.45. The van der Waals surface area contributed by atoms with Crippen molar-refractivity contribution < 1.29 is 9.53 Å². The minimum atomic E-state index is -0.0172. The number of carbonyl (C=O) groups excluding carboxylic acids is 1. The van der Waals surface area contributed by atoms with Gasteiger partial charge in [0.05, 0.1) is 0 Å². The van der Waals surface area contributed by atoms with Crippen LogP contribution < -0.4 is 0 Å². The zero-order valence-corrected chi connectivity index (χ0v) is 10.7. The van der Waals surface area contributed by atoms with Crippen LogP contribution in [-0.4, -0.2) is 12.1 Å². The Hall–Kier alpha value is -1.31. The Morgan fingerprint density at radius 3 is 2.67 bits per heavy atom. The largest absolute Gasteiger partial charge is 0.462 e. The number of ether oxygens (including phenoxy) is 1. The summed E-state index contributed by atoms with van der Waals surface area (Å²) in [6.07, 6.45) is 6.55. The van der Waals surface area contributed by atoms with Crippen molar-refractivity contribution in [3.05, 3.63) is 35.9 Å². The quantitative estimate of drug-likeness (QED) is 0.759. The highest BCUT2D eigenvalue weighted by molar-refractivity contribution is 5.70. The predicted octanol–water partition coefficient (Wildman–Crippen LogP) is 3.35. The number of hydrogen-bond donors (Lipinski definition) is 0. The van der Waals surface area contributed by atoms with E-state index in [9.17, 15) is 4.79 Å². The van der Waals surface area contributed by atoms with E-state index in [1.54, 1.807) is 0 Å². The van der Waals surface area contributed by atoms with Gasteiger partial charge in [-0.25, -0.2) is 0 Å². The van der Waals surface area contributed by atoms with Gasteiger partial charge < -0.3 is 4.74 Å². The highest BCUT2D eigenvalue weighted by atomic mass is 16.5. The van der Waals surface area contributed by atoms with Gasteiger partial charge in [0, 0.05) is 6.42 Å². The van der Waals surface area contributed by atoms with Crippen LogP contribution in [0.5, 0.6) is 0 Å². The molecule has 18 heavy (non-hydrogen) atoms. The van der Waals surface area contributed by atoms with Crippen LogP contribution in [-0.2, 0) is 16.0 Å². The highest BCUT2D eigenvalue weighted by Gasteiger charge is 2.41. The maximum atomic E-state index is 11.8. The average Bonchev–Trinajstić information content (AvgIpc) is 3.00. The van der Waals surface area contributed by atoms with Crippen LogP contribution in [0.4, 0.5) is 0 Å². The van der Waals surface area contributed by atoms with E-state index in [0.717, 1.165) is 18.8 Å². The van der Waals surface area contributed by atoms with Crippen LogP contribution in [0.1, 0.15) is 37.7 Å². The van der Waals surface area contributed by atoms with Crippen molar-refractivity contribution in [3.63, 3.8) is 0 Å². The third-order valence-corrected chi connectivity index (χ3v) is 4.42. The fourth-order valence-corrected chi connectivity index (χ4v) is 3.45. The molecule has 1 aromatic carbocycles. The summed E-state index contributed by atoms with van der Waals surface area (Å²) in [7, 11) is 0. The van der Waals surface area contributed by atoms with Crippen molar-refractivity contribution >= 4 is 5.97 Å². The Kier molecular flexibility index (Phi) is 3.35. The SMILES string of the molecule is O=C(CCc1ccccc1)OC1CC2CCC1C2. The minimum absolute atomic E-state index is 0.0172. The Morgan fingerprint density at radius 2 is 2.00 bits per heavy atom. The third-order valence-electron chi connectivity index (χ3n) is 4.42. The van der Waals surface area contributed by atoms with Gasteiger partial charge in [0.1, 0.15) is 6.10 Å². The summed E-state index contributed by atoms with van der Waals surface area (Å²) in [5, 5.41) is 0. The topological polar surface area (TPSA) is 26.3 Å². The second kappa shape index (κ2) is 5.13. The summed E-state index contributed by atoms with van der Waals surface area (Å²) in [5.74, 6) is 1.48. The molecule has 2 saturated carbocycles. The number of hydrogen-bond acceptors (Lipinski definition) is 2. The molecule has 0 aromatic heterocycles. The molecule has 3 rings (SSSR count).